The fourth-order valence-electron chi connectivity index (χ4n) is 3.79. The summed E-state index contributed by atoms with van der Waals surface area (Å²) in [6.07, 6.45) is 10.8. The van der Waals surface area contributed by atoms with Crippen molar-refractivity contribution in [1.82, 2.24) is 4.90 Å². The van der Waals surface area contributed by atoms with E-state index in [0.717, 1.165) is 25.8 Å². The number of ether oxygens (including phenoxy) is 1. The van der Waals surface area contributed by atoms with Crippen LogP contribution in [0, 0.1) is 11.8 Å². The molecule has 0 spiro atoms. The largest absolute Gasteiger partial charge is 0.465 e. The molecule has 0 radical (unpaired) electrons. The van der Waals surface area contributed by atoms with Gasteiger partial charge in [0, 0.05) is 6.54 Å². The third kappa shape index (κ3) is 6.15. The maximum atomic E-state index is 12.3. The lowest BCUT2D eigenvalue weighted by molar-refractivity contribution is -0.151. The lowest BCUT2D eigenvalue weighted by Crippen LogP contribution is -2.26. The van der Waals surface area contributed by atoms with Gasteiger partial charge in [-0.2, -0.15) is 0 Å². The van der Waals surface area contributed by atoms with Crippen LogP contribution in [-0.4, -0.2) is 37.1 Å². The second-order valence-electron chi connectivity index (χ2n) is 6.51. The van der Waals surface area contributed by atoms with Crippen LogP contribution in [0.15, 0.2) is 0 Å². The molecule has 1 aliphatic carbocycles. The minimum atomic E-state index is 0. The van der Waals surface area contributed by atoms with Gasteiger partial charge in [0.15, 0.2) is 0 Å². The number of carbonyl (C=O) groups is 1. The Morgan fingerprint density at radius 2 is 1.86 bits per heavy atom. The molecule has 1 heterocycles. The molecule has 1 unspecified atom stereocenters. The molecule has 2 aliphatic rings. The van der Waals surface area contributed by atoms with E-state index in [-0.39, 0.29) is 24.3 Å². The Balaban J connectivity index is 0.00000220. The van der Waals surface area contributed by atoms with Gasteiger partial charge < -0.3 is 9.64 Å². The maximum Gasteiger partial charge on any atom is 0.309 e. The SMILES string of the molecule is CCCC(C(=O)OCCCN1CCCC1)C1CCCC1.Cl. The molecule has 2 rings (SSSR count). The lowest BCUT2D eigenvalue weighted by Gasteiger charge is -2.21. The van der Waals surface area contributed by atoms with Gasteiger partial charge in [-0.25, -0.2) is 0 Å². The number of hydrogen-bond acceptors (Lipinski definition) is 3. The summed E-state index contributed by atoms with van der Waals surface area (Å²) >= 11 is 0. The van der Waals surface area contributed by atoms with E-state index < -0.39 is 0 Å². The zero-order valence-corrected chi connectivity index (χ0v) is 14.3. The third-order valence-corrected chi connectivity index (χ3v) is 4.93. The number of nitrogens with zero attached hydrogens (tertiary/aromatic N) is 1. The minimum absolute atomic E-state index is 0. The van der Waals surface area contributed by atoms with E-state index >= 15 is 0 Å². The lowest BCUT2D eigenvalue weighted by atomic mass is 9.87. The van der Waals surface area contributed by atoms with E-state index in [9.17, 15) is 4.79 Å². The van der Waals surface area contributed by atoms with Crippen molar-refractivity contribution in [3.05, 3.63) is 0 Å². The molecule has 0 bridgehead atoms. The summed E-state index contributed by atoms with van der Waals surface area (Å²) in [6.45, 7) is 6.34. The molecule has 1 saturated carbocycles. The minimum Gasteiger partial charge on any atom is -0.465 e. The van der Waals surface area contributed by atoms with Crippen molar-refractivity contribution in [2.75, 3.05) is 26.2 Å². The smallest absolute Gasteiger partial charge is 0.309 e. The van der Waals surface area contributed by atoms with Crippen molar-refractivity contribution in [2.45, 2.75) is 64.7 Å². The molecule has 0 aromatic carbocycles. The topological polar surface area (TPSA) is 29.5 Å². The molecule has 1 saturated heterocycles. The van der Waals surface area contributed by atoms with Gasteiger partial charge in [0.25, 0.3) is 0 Å². The van der Waals surface area contributed by atoms with Crippen LogP contribution >= 0.6 is 12.4 Å². The predicted octanol–water partition coefficient (Wildman–Crippen LogP) is 4.04. The predicted molar refractivity (Wildman–Crippen MR) is 88.9 cm³/mol. The van der Waals surface area contributed by atoms with Crippen LogP contribution in [0.4, 0.5) is 0 Å². The van der Waals surface area contributed by atoms with Crippen LogP contribution in [-0.2, 0) is 9.53 Å². The Morgan fingerprint density at radius 1 is 1.19 bits per heavy atom. The van der Waals surface area contributed by atoms with Crippen molar-refractivity contribution in [1.29, 1.82) is 0 Å². The fourth-order valence-corrected chi connectivity index (χ4v) is 3.79. The van der Waals surface area contributed by atoms with E-state index in [2.05, 4.69) is 11.8 Å². The van der Waals surface area contributed by atoms with Crippen molar-refractivity contribution in [3.63, 3.8) is 0 Å². The van der Waals surface area contributed by atoms with Gasteiger partial charge in [0.2, 0.25) is 0 Å². The monoisotopic (exact) mass is 317 g/mol. The average molecular weight is 318 g/mol. The molecule has 1 atom stereocenters. The molecule has 1 aliphatic heterocycles. The number of carbonyl (C=O) groups excluding carboxylic acids is 1. The molecule has 3 nitrogen and oxygen atoms in total. The first kappa shape index (κ1) is 18.8. The molecule has 21 heavy (non-hydrogen) atoms. The van der Waals surface area contributed by atoms with Gasteiger partial charge in [0.1, 0.15) is 0 Å². The van der Waals surface area contributed by atoms with Crippen molar-refractivity contribution < 1.29 is 9.53 Å². The molecule has 0 aromatic heterocycles. The highest BCUT2D eigenvalue weighted by molar-refractivity contribution is 5.85. The summed E-state index contributed by atoms with van der Waals surface area (Å²) < 4.78 is 5.56. The van der Waals surface area contributed by atoms with Gasteiger partial charge in [0.05, 0.1) is 12.5 Å². The van der Waals surface area contributed by atoms with E-state index in [0.29, 0.717) is 12.5 Å². The molecule has 0 aromatic rings. The van der Waals surface area contributed by atoms with Gasteiger partial charge in [-0.1, -0.05) is 26.2 Å². The van der Waals surface area contributed by atoms with Gasteiger partial charge in [-0.05, 0) is 57.5 Å². The standard InChI is InChI=1S/C17H31NO2.ClH/c1-2-8-16(15-9-3-4-10-15)17(19)20-14-7-13-18-11-5-6-12-18;/h15-16H,2-14H2,1H3;1H. The van der Waals surface area contributed by atoms with Gasteiger partial charge in [-0.15, -0.1) is 12.4 Å². The summed E-state index contributed by atoms with van der Waals surface area (Å²) in [4.78, 5) is 14.8. The molecular formula is C17H32ClNO2. The third-order valence-electron chi connectivity index (χ3n) is 4.93. The molecule has 4 heteroatoms. The molecular weight excluding hydrogens is 286 g/mol. The first-order valence-corrected chi connectivity index (χ1v) is 8.70. The van der Waals surface area contributed by atoms with Crippen molar-refractivity contribution in [2.24, 2.45) is 11.8 Å². The van der Waals surface area contributed by atoms with Crippen LogP contribution < -0.4 is 0 Å². The van der Waals surface area contributed by atoms with Gasteiger partial charge in [-0.3, -0.25) is 4.79 Å². The zero-order valence-electron chi connectivity index (χ0n) is 13.5. The van der Waals surface area contributed by atoms with E-state index in [1.165, 1.54) is 51.6 Å². The van der Waals surface area contributed by atoms with Crippen LogP contribution in [0.3, 0.4) is 0 Å². The first-order chi connectivity index (χ1) is 9.81. The summed E-state index contributed by atoms with van der Waals surface area (Å²) in [5.41, 5.74) is 0. The summed E-state index contributed by atoms with van der Waals surface area (Å²) in [5.74, 6) is 0.857. The summed E-state index contributed by atoms with van der Waals surface area (Å²) in [7, 11) is 0. The maximum absolute atomic E-state index is 12.3. The second-order valence-corrected chi connectivity index (χ2v) is 6.51. The summed E-state index contributed by atoms with van der Waals surface area (Å²) in [6, 6.07) is 0. The second kappa shape index (κ2) is 10.4. The highest BCUT2D eigenvalue weighted by Crippen LogP contribution is 2.34. The Kier molecular flexibility index (Phi) is 9.34. The Labute approximate surface area is 136 Å². The Hall–Kier alpha value is -0.280. The van der Waals surface area contributed by atoms with Crippen LogP contribution in [0.5, 0.6) is 0 Å². The number of likely N-dealkylation sites (tertiary alicyclic amines) is 1. The molecule has 124 valence electrons. The van der Waals surface area contributed by atoms with Crippen molar-refractivity contribution >= 4 is 18.4 Å². The Morgan fingerprint density at radius 3 is 2.48 bits per heavy atom. The normalized spacial score (nSPS) is 21.2. The molecule has 2 fully saturated rings. The number of hydrogen-bond donors (Lipinski definition) is 0. The average Bonchev–Trinajstić information content (AvgIpc) is 3.13. The fraction of sp³-hybridized carbons (Fsp3) is 0.941. The quantitative estimate of drug-likeness (QED) is 0.500. The Bertz CT molecular complexity index is 287. The summed E-state index contributed by atoms with van der Waals surface area (Å²) in [5, 5.41) is 0. The van der Waals surface area contributed by atoms with E-state index in [1.54, 1.807) is 0 Å². The number of rotatable bonds is 8. The number of esters is 1. The number of halogens is 1. The highest BCUT2D eigenvalue weighted by Gasteiger charge is 2.30. The van der Waals surface area contributed by atoms with E-state index in [4.69, 9.17) is 4.74 Å². The van der Waals surface area contributed by atoms with E-state index in [1.807, 2.05) is 0 Å². The highest BCUT2D eigenvalue weighted by atomic mass is 35.5. The van der Waals surface area contributed by atoms with Crippen LogP contribution in [0.1, 0.15) is 64.7 Å². The zero-order chi connectivity index (χ0) is 14.2. The van der Waals surface area contributed by atoms with Crippen molar-refractivity contribution in [3.8, 4) is 0 Å². The van der Waals surface area contributed by atoms with Crippen LogP contribution in [0.25, 0.3) is 0 Å². The van der Waals surface area contributed by atoms with Gasteiger partial charge >= 0.3 is 5.97 Å². The molecule has 0 amide bonds. The van der Waals surface area contributed by atoms with Crippen LogP contribution in [0.2, 0.25) is 0 Å². The first-order valence-electron chi connectivity index (χ1n) is 8.70. The molecule has 0 N–H and O–H groups in total.